The third kappa shape index (κ3) is 6.95. The largest absolute Gasteiger partial charge is 0.341 e. The molecule has 1 aliphatic heterocycles. The molecule has 0 bridgehead atoms. The highest BCUT2D eigenvalue weighted by molar-refractivity contribution is 7.88. The van der Waals surface area contributed by atoms with Crippen LogP contribution in [-0.2, 0) is 14.8 Å². The molecule has 2 N–H and O–H groups in total. The third-order valence-corrected chi connectivity index (χ3v) is 4.56. The summed E-state index contributed by atoms with van der Waals surface area (Å²) in [6.45, 7) is 5.65. The highest BCUT2D eigenvalue weighted by Gasteiger charge is 2.35. The number of amides is 1. The zero-order chi connectivity index (χ0) is 15.4. The Kier molecular flexibility index (Phi) is 8.17. The molecule has 1 rings (SSSR count). The number of carbonyl (C=O) groups excluding carboxylic acids is 1. The zero-order valence-corrected chi connectivity index (χ0v) is 14.9. The van der Waals surface area contributed by atoms with Crippen molar-refractivity contribution in [2.24, 2.45) is 5.92 Å². The Morgan fingerprint density at radius 2 is 1.81 bits per heavy atom. The van der Waals surface area contributed by atoms with E-state index in [1.54, 1.807) is 18.7 Å². The first-order chi connectivity index (χ1) is 9.15. The minimum Gasteiger partial charge on any atom is -0.341 e. The number of hydrogen-bond donors (Lipinski definition) is 2. The molecule has 0 unspecified atom stereocenters. The Balaban J connectivity index is 0.00000400. The van der Waals surface area contributed by atoms with Crippen LogP contribution in [0.15, 0.2) is 0 Å². The first-order valence-corrected chi connectivity index (χ1v) is 8.98. The molecule has 0 saturated carbocycles. The van der Waals surface area contributed by atoms with Crippen molar-refractivity contribution in [2.45, 2.75) is 38.6 Å². The fourth-order valence-corrected chi connectivity index (χ4v) is 3.69. The van der Waals surface area contributed by atoms with E-state index in [-0.39, 0.29) is 18.3 Å². The Labute approximate surface area is 134 Å². The van der Waals surface area contributed by atoms with Crippen molar-refractivity contribution >= 4 is 28.3 Å². The van der Waals surface area contributed by atoms with E-state index in [0.717, 1.165) is 32.1 Å². The van der Waals surface area contributed by atoms with Crippen molar-refractivity contribution < 1.29 is 13.2 Å². The predicted molar refractivity (Wildman–Crippen MR) is 87.2 cm³/mol. The summed E-state index contributed by atoms with van der Waals surface area (Å²) < 4.78 is 25.0. The summed E-state index contributed by atoms with van der Waals surface area (Å²) in [6, 6.07) is 0. The molecule has 1 fully saturated rings. The van der Waals surface area contributed by atoms with Crippen LogP contribution in [0.3, 0.4) is 0 Å². The van der Waals surface area contributed by atoms with Crippen molar-refractivity contribution in [1.29, 1.82) is 0 Å². The summed E-state index contributed by atoms with van der Waals surface area (Å²) >= 11 is 0. The molecule has 0 aromatic carbocycles. The van der Waals surface area contributed by atoms with Crippen LogP contribution in [0.5, 0.6) is 0 Å². The molecule has 0 aliphatic carbocycles. The standard InChI is InChI=1S/C13H27N3O3S.ClH/c1-13(2,15-20(4,18)19)12(17)16-9-6-11(7-10-16)5-8-14-3;/h11,14-15H,5-10H2,1-4H3;1H. The van der Waals surface area contributed by atoms with Gasteiger partial charge in [0.25, 0.3) is 0 Å². The Morgan fingerprint density at radius 3 is 2.24 bits per heavy atom. The lowest BCUT2D eigenvalue weighted by Crippen LogP contribution is -2.57. The van der Waals surface area contributed by atoms with Gasteiger partial charge in [0.15, 0.2) is 0 Å². The van der Waals surface area contributed by atoms with Gasteiger partial charge in [-0.3, -0.25) is 4.79 Å². The average molecular weight is 342 g/mol. The van der Waals surface area contributed by atoms with Crippen molar-refractivity contribution in [3.63, 3.8) is 0 Å². The van der Waals surface area contributed by atoms with Crippen LogP contribution >= 0.6 is 12.4 Å². The Hall–Kier alpha value is -0.370. The van der Waals surface area contributed by atoms with Crippen LogP contribution in [-0.4, -0.2) is 57.7 Å². The molecule has 1 heterocycles. The van der Waals surface area contributed by atoms with Gasteiger partial charge in [-0.2, -0.15) is 0 Å². The van der Waals surface area contributed by atoms with Crippen molar-refractivity contribution in [3.8, 4) is 0 Å². The molecule has 8 heteroatoms. The van der Waals surface area contributed by atoms with E-state index in [1.165, 1.54) is 0 Å². The number of likely N-dealkylation sites (tertiary alicyclic amines) is 1. The fourth-order valence-electron chi connectivity index (χ4n) is 2.68. The van der Waals surface area contributed by atoms with Crippen LogP contribution in [0.4, 0.5) is 0 Å². The summed E-state index contributed by atoms with van der Waals surface area (Å²) in [4.78, 5) is 14.2. The minimum absolute atomic E-state index is 0. The van der Waals surface area contributed by atoms with Gasteiger partial charge in [-0.1, -0.05) is 0 Å². The Bertz CT molecular complexity index is 432. The number of sulfonamides is 1. The molecule has 6 nitrogen and oxygen atoms in total. The number of halogens is 1. The highest BCUT2D eigenvalue weighted by atomic mass is 35.5. The molecule has 1 aliphatic rings. The summed E-state index contributed by atoms with van der Waals surface area (Å²) in [7, 11) is -1.45. The lowest BCUT2D eigenvalue weighted by atomic mass is 9.92. The van der Waals surface area contributed by atoms with E-state index in [0.29, 0.717) is 19.0 Å². The molecule has 1 amide bonds. The third-order valence-electron chi connectivity index (χ3n) is 3.68. The first-order valence-electron chi connectivity index (χ1n) is 7.08. The monoisotopic (exact) mass is 341 g/mol. The summed E-state index contributed by atoms with van der Waals surface area (Å²) in [5, 5.41) is 3.14. The number of carbonyl (C=O) groups is 1. The average Bonchev–Trinajstić information content (AvgIpc) is 2.33. The number of hydrogen-bond acceptors (Lipinski definition) is 4. The Morgan fingerprint density at radius 1 is 1.29 bits per heavy atom. The van der Waals surface area contributed by atoms with E-state index in [1.807, 2.05) is 7.05 Å². The molecule has 0 atom stereocenters. The first kappa shape index (κ1) is 20.6. The van der Waals surface area contributed by atoms with E-state index < -0.39 is 15.6 Å². The number of piperidine rings is 1. The molecule has 126 valence electrons. The minimum atomic E-state index is -3.39. The molecular weight excluding hydrogens is 314 g/mol. The van der Waals surface area contributed by atoms with Gasteiger partial charge in [0.2, 0.25) is 15.9 Å². The second-order valence-corrected chi connectivity index (χ2v) is 7.88. The van der Waals surface area contributed by atoms with Gasteiger partial charge in [-0.15, -0.1) is 12.4 Å². The van der Waals surface area contributed by atoms with Gasteiger partial charge in [-0.05, 0) is 52.6 Å². The molecule has 0 aromatic heterocycles. The molecule has 0 aromatic rings. The fraction of sp³-hybridized carbons (Fsp3) is 0.923. The molecule has 21 heavy (non-hydrogen) atoms. The lowest BCUT2D eigenvalue weighted by molar-refractivity contribution is -0.137. The maximum absolute atomic E-state index is 12.4. The van der Waals surface area contributed by atoms with Gasteiger partial charge >= 0.3 is 0 Å². The summed E-state index contributed by atoms with van der Waals surface area (Å²) in [5.74, 6) is 0.507. The number of nitrogens with zero attached hydrogens (tertiary/aromatic N) is 1. The lowest BCUT2D eigenvalue weighted by Gasteiger charge is -2.37. The van der Waals surface area contributed by atoms with Crippen LogP contribution in [0.25, 0.3) is 0 Å². The summed E-state index contributed by atoms with van der Waals surface area (Å²) in [5.41, 5.74) is -1.08. The second kappa shape index (κ2) is 8.31. The van der Waals surface area contributed by atoms with Crippen molar-refractivity contribution in [3.05, 3.63) is 0 Å². The van der Waals surface area contributed by atoms with E-state index in [4.69, 9.17) is 0 Å². The second-order valence-electron chi connectivity index (χ2n) is 6.13. The van der Waals surface area contributed by atoms with E-state index in [9.17, 15) is 13.2 Å². The van der Waals surface area contributed by atoms with Crippen molar-refractivity contribution in [2.75, 3.05) is 32.9 Å². The van der Waals surface area contributed by atoms with Gasteiger partial charge in [-0.25, -0.2) is 13.1 Å². The smallest absolute Gasteiger partial charge is 0.243 e. The molecular formula is C13H28ClN3O3S. The normalized spacial score (nSPS) is 17.4. The van der Waals surface area contributed by atoms with Crippen LogP contribution in [0.1, 0.15) is 33.1 Å². The maximum atomic E-state index is 12.4. The highest BCUT2D eigenvalue weighted by Crippen LogP contribution is 2.22. The predicted octanol–water partition coefficient (Wildman–Crippen LogP) is 0.584. The van der Waals surface area contributed by atoms with Gasteiger partial charge in [0.05, 0.1) is 6.26 Å². The molecule has 1 saturated heterocycles. The van der Waals surface area contributed by atoms with Crippen molar-refractivity contribution in [1.82, 2.24) is 14.9 Å². The quantitative estimate of drug-likeness (QED) is 0.741. The van der Waals surface area contributed by atoms with E-state index >= 15 is 0 Å². The zero-order valence-electron chi connectivity index (χ0n) is 13.3. The van der Waals surface area contributed by atoms with Gasteiger partial charge < -0.3 is 10.2 Å². The topological polar surface area (TPSA) is 78.5 Å². The van der Waals surface area contributed by atoms with Crippen LogP contribution < -0.4 is 10.0 Å². The molecule has 0 spiro atoms. The molecule has 0 radical (unpaired) electrons. The number of nitrogens with one attached hydrogen (secondary N) is 2. The number of rotatable bonds is 6. The van der Waals surface area contributed by atoms with E-state index in [2.05, 4.69) is 10.0 Å². The van der Waals surface area contributed by atoms with Crippen LogP contribution in [0, 0.1) is 5.92 Å². The van der Waals surface area contributed by atoms with Gasteiger partial charge in [0.1, 0.15) is 5.54 Å². The SMILES string of the molecule is CNCCC1CCN(C(=O)C(C)(C)NS(C)(=O)=O)CC1.Cl. The van der Waals surface area contributed by atoms with Gasteiger partial charge in [0, 0.05) is 13.1 Å². The summed E-state index contributed by atoms with van der Waals surface area (Å²) in [6.07, 6.45) is 4.18. The van der Waals surface area contributed by atoms with Crippen LogP contribution in [0.2, 0.25) is 0 Å². The maximum Gasteiger partial charge on any atom is 0.243 e.